The summed E-state index contributed by atoms with van der Waals surface area (Å²) in [7, 11) is 1.58. The van der Waals surface area contributed by atoms with Gasteiger partial charge < -0.3 is 25.6 Å². The highest BCUT2D eigenvalue weighted by Gasteiger charge is 2.15. The molecule has 3 amide bonds. The zero-order chi connectivity index (χ0) is 24.1. The van der Waals surface area contributed by atoms with Gasteiger partial charge in [0.25, 0.3) is 11.8 Å². The molecule has 33 heavy (non-hydrogen) atoms. The molecule has 178 valence electrons. The second-order valence-electron chi connectivity index (χ2n) is 7.60. The van der Waals surface area contributed by atoms with Crippen LogP contribution >= 0.6 is 0 Å². The molecule has 0 bridgehead atoms. The molecule has 2 aromatic carbocycles. The van der Waals surface area contributed by atoms with Gasteiger partial charge in [-0.25, -0.2) is 0 Å². The first-order chi connectivity index (χ1) is 16.0. The molecule has 8 nitrogen and oxygen atoms in total. The lowest BCUT2D eigenvalue weighted by Crippen LogP contribution is -2.32. The standard InChI is InChI=1S/C25H34N4O4/c1-4-14-29(15-5-2)25(32)20-7-6-8-22(17-20)28-23(30)18-27-21-11-9-19(10-12-21)24(31)26-13-16-33-3/h6-12,17,27H,4-5,13-16,18H2,1-3H3,(H,26,31)(H,28,30). The first-order valence-corrected chi connectivity index (χ1v) is 11.3. The van der Waals surface area contributed by atoms with E-state index in [9.17, 15) is 14.4 Å². The number of hydrogen-bond acceptors (Lipinski definition) is 5. The maximum Gasteiger partial charge on any atom is 0.253 e. The van der Waals surface area contributed by atoms with Gasteiger partial charge in [-0.05, 0) is 55.3 Å². The highest BCUT2D eigenvalue weighted by molar-refractivity contribution is 5.98. The number of methoxy groups -OCH3 is 1. The van der Waals surface area contributed by atoms with Crippen LogP contribution in [0.5, 0.6) is 0 Å². The average molecular weight is 455 g/mol. The first kappa shape index (κ1) is 25.9. The van der Waals surface area contributed by atoms with Crippen molar-refractivity contribution in [2.24, 2.45) is 0 Å². The van der Waals surface area contributed by atoms with E-state index in [1.165, 1.54) is 0 Å². The van der Waals surface area contributed by atoms with Crippen LogP contribution in [0.3, 0.4) is 0 Å². The Morgan fingerprint density at radius 2 is 1.61 bits per heavy atom. The van der Waals surface area contributed by atoms with Crippen LogP contribution in [-0.2, 0) is 9.53 Å². The summed E-state index contributed by atoms with van der Waals surface area (Å²) in [6, 6.07) is 13.9. The van der Waals surface area contributed by atoms with Crippen molar-refractivity contribution in [1.82, 2.24) is 10.2 Å². The van der Waals surface area contributed by atoms with E-state index in [1.54, 1.807) is 55.6 Å². The molecule has 0 unspecified atom stereocenters. The number of carbonyl (C=O) groups is 3. The number of hydrogen-bond donors (Lipinski definition) is 3. The van der Waals surface area contributed by atoms with E-state index in [-0.39, 0.29) is 24.3 Å². The molecular weight excluding hydrogens is 420 g/mol. The lowest BCUT2D eigenvalue weighted by molar-refractivity contribution is -0.114. The van der Waals surface area contributed by atoms with E-state index in [1.807, 2.05) is 18.7 Å². The number of carbonyl (C=O) groups excluding carboxylic acids is 3. The van der Waals surface area contributed by atoms with Crippen LogP contribution in [0.1, 0.15) is 47.4 Å². The molecule has 2 rings (SSSR count). The van der Waals surface area contributed by atoms with Gasteiger partial charge in [0.05, 0.1) is 13.2 Å². The second-order valence-corrected chi connectivity index (χ2v) is 7.60. The average Bonchev–Trinajstić information content (AvgIpc) is 2.82. The summed E-state index contributed by atoms with van der Waals surface area (Å²) in [5.74, 6) is -0.443. The van der Waals surface area contributed by atoms with Gasteiger partial charge in [0.2, 0.25) is 5.91 Å². The molecule has 0 heterocycles. The smallest absolute Gasteiger partial charge is 0.253 e. The van der Waals surface area contributed by atoms with Crippen molar-refractivity contribution in [2.45, 2.75) is 26.7 Å². The van der Waals surface area contributed by atoms with Gasteiger partial charge in [0.15, 0.2) is 0 Å². The van der Waals surface area contributed by atoms with Crippen LogP contribution in [0.2, 0.25) is 0 Å². The molecule has 2 aromatic rings. The molecule has 0 spiro atoms. The van der Waals surface area contributed by atoms with Gasteiger partial charge in [-0.3, -0.25) is 14.4 Å². The summed E-state index contributed by atoms with van der Waals surface area (Å²) in [6.07, 6.45) is 1.79. The van der Waals surface area contributed by atoms with Crippen LogP contribution in [0.4, 0.5) is 11.4 Å². The summed E-state index contributed by atoms with van der Waals surface area (Å²) in [6.45, 7) is 6.46. The second kappa shape index (κ2) is 13.9. The Hall–Kier alpha value is -3.39. The Labute approximate surface area is 195 Å². The number of rotatable bonds is 13. The Bertz CT molecular complexity index is 909. The third-order valence-corrected chi connectivity index (χ3v) is 4.86. The molecule has 8 heteroatoms. The highest BCUT2D eigenvalue weighted by atomic mass is 16.5. The van der Waals surface area contributed by atoms with E-state index in [2.05, 4.69) is 16.0 Å². The van der Waals surface area contributed by atoms with E-state index >= 15 is 0 Å². The van der Waals surface area contributed by atoms with Crippen molar-refractivity contribution in [2.75, 3.05) is 50.5 Å². The summed E-state index contributed by atoms with van der Waals surface area (Å²) < 4.78 is 4.91. The lowest BCUT2D eigenvalue weighted by Gasteiger charge is -2.21. The van der Waals surface area contributed by atoms with Gasteiger partial charge in [0.1, 0.15) is 0 Å². The molecule has 0 aromatic heterocycles. The van der Waals surface area contributed by atoms with Crippen molar-refractivity contribution < 1.29 is 19.1 Å². The SMILES string of the molecule is CCCN(CCC)C(=O)c1cccc(NC(=O)CNc2ccc(C(=O)NCCOC)cc2)c1. The van der Waals surface area contributed by atoms with E-state index in [0.29, 0.717) is 43.1 Å². The van der Waals surface area contributed by atoms with Crippen LogP contribution in [0.15, 0.2) is 48.5 Å². The Morgan fingerprint density at radius 1 is 0.909 bits per heavy atom. The number of nitrogens with zero attached hydrogens (tertiary/aromatic N) is 1. The summed E-state index contributed by atoms with van der Waals surface area (Å²) >= 11 is 0. The fourth-order valence-corrected chi connectivity index (χ4v) is 3.26. The molecule has 0 fully saturated rings. The van der Waals surface area contributed by atoms with Crippen molar-refractivity contribution in [1.29, 1.82) is 0 Å². The van der Waals surface area contributed by atoms with Gasteiger partial charge >= 0.3 is 0 Å². The molecule has 0 aliphatic rings. The molecule has 0 radical (unpaired) electrons. The summed E-state index contributed by atoms with van der Waals surface area (Å²) in [5.41, 5.74) is 2.38. The number of amides is 3. The predicted octanol–water partition coefficient (Wildman–Crippen LogP) is 3.38. The van der Waals surface area contributed by atoms with E-state index in [4.69, 9.17) is 4.74 Å². The monoisotopic (exact) mass is 454 g/mol. The minimum absolute atomic E-state index is 0.0285. The van der Waals surface area contributed by atoms with Gasteiger partial charge in [-0.2, -0.15) is 0 Å². The summed E-state index contributed by atoms with van der Waals surface area (Å²) in [5, 5.41) is 8.61. The zero-order valence-corrected chi connectivity index (χ0v) is 19.6. The largest absolute Gasteiger partial charge is 0.383 e. The van der Waals surface area contributed by atoms with E-state index in [0.717, 1.165) is 18.5 Å². The third kappa shape index (κ3) is 8.57. The minimum atomic E-state index is -0.236. The quantitative estimate of drug-likeness (QED) is 0.403. The normalized spacial score (nSPS) is 10.4. The van der Waals surface area contributed by atoms with Crippen LogP contribution in [0.25, 0.3) is 0 Å². The van der Waals surface area contributed by atoms with Crippen molar-refractivity contribution in [3.8, 4) is 0 Å². The molecule has 0 aliphatic heterocycles. The predicted molar refractivity (Wildman–Crippen MR) is 131 cm³/mol. The Kier molecular flexibility index (Phi) is 10.9. The number of ether oxygens (including phenoxy) is 1. The maximum absolute atomic E-state index is 12.8. The van der Waals surface area contributed by atoms with E-state index < -0.39 is 0 Å². The molecule has 0 atom stereocenters. The van der Waals surface area contributed by atoms with Crippen molar-refractivity contribution >= 4 is 29.1 Å². The van der Waals surface area contributed by atoms with Gasteiger partial charge in [-0.15, -0.1) is 0 Å². The summed E-state index contributed by atoms with van der Waals surface area (Å²) in [4.78, 5) is 39.0. The van der Waals surface area contributed by atoms with Crippen LogP contribution in [-0.4, -0.2) is 62.5 Å². The zero-order valence-electron chi connectivity index (χ0n) is 19.6. The molecule has 0 saturated heterocycles. The molecule has 0 saturated carbocycles. The third-order valence-electron chi connectivity index (χ3n) is 4.86. The Balaban J connectivity index is 1.89. The first-order valence-electron chi connectivity index (χ1n) is 11.3. The highest BCUT2D eigenvalue weighted by Crippen LogP contribution is 2.14. The van der Waals surface area contributed by atoms with Crippen molar-refractivity contribution in [3.05, 3.63) is 59.7 Å². The lowest BCUT2D eigenvalue weighted by atomic mass is 10.1. The van der Waals surface area contributed by atoms with Gasteiger partial charge in [-0.1, -0.05) is 19.9 Å². The minimum Gasteiger partial charge on any atom is -0.383 e. The Morgan fingerprint density at radius 3 is 2.24 bits per heavy atom. The fourth-order valence-electron chi connectivity index (χ4n) is 3.26. The molecular formula is C25H34N4O4. The fraction of sp³-hybridized carbons (Fsp3) is 0.400. The van der Waals surface area contributed by atoms with Gasteiger partial charge in [0, 0.05) is 49.2 Å². The molecule has 3 N–H and O–H groups in total. The number of benzene rings is 2. The van der Waals surface area contributed by atoms with Crippen LogP contribution < -0.4 is 16.0 Å². The topological polar surface area (TPSA) is 99.8 Å². The van der Waals surface area contributed by atoms with Crippen LogP contribution in [0, 0.1) is 0 Å². The van der Waals surface area contributed by atoms with Crippen molar-refractivity contribution in [3.63, 3.8) is 0 Å². The molecule has 0 aliphatic carbocycles. The number of nitrogens with one attached hydrogen (secondary N) is 3. The number of anilines is 2. The maximum atomic E-state index is 12.8.